The van der Waals surface area contributed by atoms with Crippen LogP contribution in [0.5, 0.6) is 11.6 Å². The minimum atomic E-state index is -4.40. The van der Waals surface area contributed by atoms with Gasteiger partial charge in [-0.2, -0.15) is 60.8 Å². The van der Waals surface area contributed by atoms with Crippen molar-refractivity contribution in [3.8, 4) is 22.2 Å². The number of halogens is 3. The van der Waals surface area contributed by atoms with Crippen LogP contribution in [-0.2, 0) is 26.3 Å². The maximum Gasteiger partial charge on any atom is 3.00 e. The van der Waals surface area contributed by atoms with Crippen molar-refractivity contribution >= 4 is 111 Å². The van der Waals surface area contributed by atoms with E-state index in [4.69, 9.17) is 17.9 Å². The van der Waals surface area contributed by atoms with Gasteiger partial charge in [-0.15, -0.1) is 20.3 Å². The summed E-state index contributed by atoms with van der Waals surface area (Å²) in [4.78, 5) is 1.63. The number of hydrogen-bond acceptors (Lipinski definition) is 10. The molecular weight excluding hydrogens is 1060 g/mol. The third-order valence-electron chi connectivity index (χ3n) is 10.2. The van der Waals surface area contributed by atoms with Crippen LogP contribution < -0.4 is 4.74 Å². The van der Waals surface area contributed by atoms with Gasteiger partial charge in [0.15, 0.2) is 0 Å². The summed E-state index contributed by atoms with van der Waals surface area (Å²) < 4.78 is 44.3. The Morgan fingerprint density at radius 1 is 0.554 bits per heavy atom. The summed E-state index contributed by atoms with van der Waals surface area (Å²) in [6.45, 7) is 11.4. The van der Waals surface area contributed by atoms with Crippen molar-refractivity contribution in [2.24, 2.45) is 0 Å². The predicted octanol–water partition coefficient (Wildman–Crippen LogP) is 14.1. The zero-order chi connectivity index (χ0) is 44.4. The maximum atomic E-state index is 12.8. The standard InChI is InChI=1S/C23H12F3N2OS.2C14H9N2S.Ir/c24-23(25,26)16-7-9-17(10-8-16)29-22-19-13-15-5-2-1-4-14(15)12-18(19)21(27-28-22)20-6-3-11-30-20;2*1-9(17)14-13-7-11-5-3-2-4-10(11)6-12(13)8-15-16-14;/h1-5,7-13H;2*1-8,17H;/q3*-1;+3. The number of nitrogens with zero attached hydrogens (tertiary/aromatic N) is 6. The number of thiophene rings is 1. The van der Waals surface area contributed by atoms with Gasteiger partial charge in [-0.25, -0.2) is 26.6 Å². The van der Waals surface area contributed by atoms with Gasteiger partial charge in [0.25, 0.3) is 0 Å². The second-order valence-electron chi connectivity index (χ2n) is 14.3. The van der Waals surface area contributed by atoms with Crippen molar-refractivity contribution in [1.29, 1.82) is 0 Å². The molecule has 65 heavy (non-hydrogen) atoms. The van der Waals surface area contributed by atoms with Crippen molar-refractivity contribution in [3.63, 3.8) is 0 Å². The van der Waals surface area contributed by atoms with Crippen LogP contribution >= 0.6 is 36.6 Å². The number of benzene rings is 7. The Kier molecular flexibility index (Phi) is 13.4. The van der Waals surface area contributed by atoms with E-state index in [2.05, 4.69) is 110 Å². The van der Waals surface area contributed by atoms with Crippen molar-refractivity contribution in [3.05, 3.63) is 193 Å². The number of thiol groups is 2. The maximum absolute atomic E-state index is 12.8. The Morgan fingerprint density at radius 3 is 1.43 bits per heavy atom. The predicted molar refractivity (Wildman–Crippen MR) is 258 cm³/mol. The first kappa shape index (κ1) is 45.0. The largest absolute Gasteiger partial charge is 3.00 e. The van der Waals surface area contributed by atoms with Crippen LogP contribution in [0, 0.1) is 19.2 Å². The molecule has 318 valence electrons. The van der Waals surface area contributed by atoms with Gasteiger partial charge in [-0.3, -0.25) is 13.2 Å². The van der Waals surface area contributed by atoms with E-state index in [1.807, 2.05) is 72.1 Å². The summed E-state index contributed by atoms with van der Waals surface area (Å²) in [5, 5.41) is 38.7. The third kappa shape index (κ3) is 9.78. The van der Waals surface area contributed by atoms with Crippen molar-refractivity contribution in [1.82, 2.24) is 30.6 Å². The smallest absolute Gasteiger partial charge is 0.437 e. The molecule has 0 fully saturated rings. The first-order chi connectivity index (χ1) is 31.0. The van der Waals surface area contributed by atoms with Gasteiger partial charge in [0.05, 0.1) is 18.0 Å². The third-order valence-corrected chi connectivity index (χ3v) is 11.5. The van der Waals surface area contributed by atoms with Gasteiger partial charge >= 0.3 is 26.3 Å². The van der Waals surface area contributed by atoms with Gasteiger partial charge in [0, 0.05) is 11.1 Å². The Balaban J connectivity index is 0.000000141. The van der Waals surface area contributed by atoms with E-state index in [-0.39, 0.29) is 31.7 Å². The Bertz CT molecular complexity index is 3430. The van der Waals surface area contributed by atoms with Crippen LogP contribution in [-0.4, -0.2) is 30.6 Å². The fourth-order valence-corrected chi connectivity index (χ4v) is 8.18. The second-order valence-corrected chi connectivity index (χ2v) is 16.2. The second kappa shape index (κ2) is 19.3. The summed E-state index contributed by atoms with van der Waals surface area (Å²) in [7, 11) is 0. The van der Waals surface area contributed by atoms with E-state index in [9.17, 15) is 13.2 Å². The molecule has 0 saturated carbocycles. The number of hydrogen-bond donors (Lipinski definition) is 2. The SMILES string of the molecule is FC(F)(F)c1ccc(Oc2nnc(-c3[c-]ccs3)c3cc4ccccc4cc23)cc1.[CH-]=C(S)c1nncc2cc3ccccc3cc12.[CH-]=C(S)c1nncc2cc3ccccc3cc12.[Ir+3]. The average Bonchev–Trinajstić information content (AvgIpc) is 3.85. The minimum absolute atomic E-state index is 0. The molecule has 7 aromatic carbocycles. The van der Waals surface area contributed by atoms with Gasteiger partial charge < -0.3 is 4.74 Å². The monoisotopic (exact) mass is 1090 g/mol. The molecule has 0 amide bonds. The zero-order valence-corrected chi connectivity index (χ0v) is 38.5. The summed E-state index contributed by atoms with van der Waals surface area (Å²) in [5.74, 6) is 0.484. The molecule has 0 aliphatic rings. The number of rotatable bonds is 5. The van der Waals surface area contributed by atoms with Gasteiger partial charge in [0.1, 0.15) is 5.75 Å². The number of ether oxygens (including phenoxy) is 1. The number of alkyl halides is 3. The Morgan fingerprint density at radius 2 is 1.00 bits per heavy atom. The molecule has 0 saturated heterocycles. The van der Waals surface area contributed by atoms with Gasteiger partial charge in [-0.05, 0) is 102 Å². The van der Waals surface area contributed by atoms with E-state index in [0.29, 0.717) is 26.9 Å². The van der Waals surface area contributed by atoms with Crippen LogP contribution in [0.3, 0.4) is 0 Å². The summed E-state index contributed by atoms with van der Waals surface area (Å²) in [5.41, 5.74) is 1.22. The molecule has 4 aromatic heterocycles. The van der Waals surface area contributed by atoms with Crippen LogP contribution in [0.1, 0.15) is 17.0 Å². The minimum Gasteiger partial charge on any atom is -0.437 e. The topological polar surface area (TPSA) is 86.6 Å². The molecule has 0 bridgehead atoms. The molecule has 0 unspecified atom stereocenters. The average molecular weight is 1090 g/mol. The Hall–Kier alpha value is -6.54. The molecule has 7 nitrogen and oxygen atoms in total. The van der Waals surface area contributed by atoms with Crippen LogP contribution in [0.2, 0.25) is 0 Å². The van der Waals surface area contributed by atoms with Crippen LogP contribution in [0.4, 0.5) is 13.2 Å². The quantitative estimate of drug-likeness (QED) is 0.101. The normalized spacial score (nSPS) is 11.2. The number of fused-ring (bicyclic) bond motifs is 6. The van der Waals surface area contributed by atoms with Gasteiger partial charge in [-0.1, -0.05) is 107 Å². The molecule has 0 aliphatic carbocycles. The molecular formula is C51H30F3IrN6OS3. The van der Waals surface area contributed by atoms with E-state index in [1.165, 1.54) is 34.2 Å². The van der Waals surface area contributed by atoms with Crippen LogP contribution in [0.25, 0.3) is 85.0 Å². The van der Waals surface area contributed by atoms with E-state index in [1.54, 1.807) is 12.4 Å². The summed E-state index contributed by atoms with van der Waals surface area (Å²) in [6.07, 6.45) is -0.924. The molecule has 0 aliphatic heterocycles. The first-order valence-corrected chi connectivity index (χ1v) is 21.2. The zero-order valence-electron chi connectivity index (χ0n) is 33.5. The Labute approximate surface area is 398 Å². The van der Waals surface area contributed by atoms with Gasteiger partial charge in [0.2, 0.25) is 5.88 Å². The molecule has 0 atom stereocenters. The van der Waals surface area contributed by atoms with E-state index >= 15 is 0 Å². The van der Waals surface area contributed by atoms with E-state index in [0.717, 1.165) is 70.9 Å². The molecule has 0 spiro atoms. The molecule has 11 rings (SSSR count). The number of aromatic nitrogens is 6. The molecule has 14 heteroatoms. The van der Waals surface area contributed by atoms with Crippen molar-refractivity contribution in [2.75, 3.05) is 0 Å². The molecule has 11 aromatic rings. The van der Waals surface area contributed by atoms with E-state index < -0.39 is 11.7 Å². The fraction of sp³-hybridized carbons (Fsp3) is 0.0196. The summed E-state index contributed by atoms with van der Waals surface area (Å²) in [6, 6.07) is 46.0. The molecule has 0 N–H and O–H groups in total. The fourth-order valence-electron chi connectivity index (χ4n) is 7.18. The first-order valence-electron chi connectivity index (χ1n) is 19.4. The van der Waals surface area contributed by atoms with Crippen LogP contribution in [0.15, 0.2) is 157 Å². The molecule has 0 radical (unpaired) electrons. The summed E-state index contributed by atoms with van der Waals surface area (Å²) >= 11 is 9.80. The van der Waals surface area contributed by atoms with Crippen molar-refractivity contribution < 1.29 is 38.0 Å². The molecule has 4 heterocycles. The van der Waals surface area contributed by atoms with Crippen molar-refractivity contribution in [2.45, 2.75) is 6.18 Å².